The maximum atomic E-state index is 12.1. The number of thiophene rings is 1. The Morgan fingerprint density at radius 3 is 2.83 bits per heavy atom. The van der Waals surface area contributed by atoms with Crippen LogP contribution >= 0.6 is 23.1 Å². The van der Waals surface area contributed by atoms with Crippen molar-refractivity contribution in [3.8, 4) is 0 Å². The standard InChI is InChI=1S/C16H17N3O3S2/c1-3-12-9-11(16(24-12)23-4-2)10-17-18-15(20)13-7-5-6-8-14(13)19(21)22/h5-10H,3-4H2,1-2H3,(H,18,20)/b17-10-. The molecule has 6 nitrogen and oxygen atoms in total. The van der Waals surface area contributed by atoms with Gasteiger partial charge in [0, 0.05) is 16.5 Å². The van der Waals surface area contributed by atoms with Gasteiger partial charge < -0.3 is 0 Å². The highest BCUT2D eigenvalue weighted by atomic mass is 32.2. The number of benzene rings is 1. The summed E-state index contributed by atoms with van der Waals surface area (Å²) in [5.41, 5.74) is 3.06. The molecule has 0 spiro atoms. The highest BCUT2D eigenvalue weighted by molar-refractivity contribution is 8.01. The molecular formula is C16H17N3O3S2. The normalized spacial score (nSPS) is 10.9. The molecule has 0 aliphatic heterocycles. The van der Waals surface area contributed by atoms with Crippen molar-refractivity contribution in [2.24, 2.45) is 5.10 Å². The van der Waals surface area contributed by atoms with Crippen LogP contribution in [0.25, 0.3) is 0 Å². The number of rotatable bonds is 7. The van der Waals surface area contributed by atoms with Crippen molar-refractivity contribution in [2.75, 3.05) is 5.75 Å². The van der Waals surface area contributed by atoms with Crippen LogP contribution in [0.5, 0.6) is 0 Å². The fourth-order valence-electron chi connectivity index (χ4n) is 1.99. The van der Waals surface area contributed by atoms with E-state index in [9.17, 15) is 14.9 Å². The monoisotopic (exact) mass is 363 g/mol. The van der Waals surface area contributed by atoms with Crippen molar-refractivity contribution in [1.82, 2.24) is 5.43 Å². The molecule has 0 saturated carbocycles. The minimum Gasteiger partial charge on any atom is -0.267 e. The average Bonchev–Trinajstić information content (AvgIpc) is 2.97. The molecule has 0 radical (unpaired) electrons. The Balaban J connectivity index is 2.13. The molecule has 0 atom stereocenters. The van der Waals surface area contributed by atoms with Crippen LogP contribution in [0, 0.1) is 10.1 Å². The van der Waals surface area contributed by atoms with Crippen LogP contribution in [0.1, 0.15) is 34.6 Å². The second-order valence-electron chi connectivity index (χ2n) is 4.72. The van der Waals surface area contributed by atoms with Crippen molar-refractivity contribution in [1.29, 1.82) is 0 Å². The number of hydrazone groups is 1. The predicted molar refractivity (Wildman–Crippen MR) is 98.3 cm³/mol. The van der Waals surface area contributed by atoms with Crippen LogP contribution in [-0.4, -0.2) is 22.8 Å². The van der Waals surface area contributed by atoms with E-state index in [0.717, 1.165) is 21.9 Å². The molecule has 0 unspecified atom stereocenters. The van der Waals surface area contributed by atoms with E-state index in [4.69, 9.17) is 0 Å². The molecule has 1 heterocycles. The molecule has 0 aliphatic rings. The summed E-state index contributed by atoms with van der Waals surface area (Å²) < 4.78 is 1.15. The summed E-state index contributed by atoms with van der Waals surface area (Å²) in [4.78, 5) is 23.7. The van der Waals surface area contributed by atoms with Gasteiger partial charge in [-0.15, -0.1) is 23.1 Å². The Morgan fingerprint density at radius 2 is 2.17 bits per heavy atom. The number of hydrogen-bond acceptors (Lipinski definition) is 6. The first kappa shape index (κ1) is 18.2. The third kappa shape index (κ3) is 4.42. The van der Waals surface area contributed by atoms with Gasteiger partial charge in [0.1, 0.15) is 5.56 Å². The molecule has 1 N–H and O–H groups in total. The lowest BCUT2D eigenvalue weighted by atomic mass is 10.2. The van der Waals surface area contributed by atoms with Gasteiger partial charge in [-0.05, 0) is 24.3 Å². The molecule has 24 heavy (non-hydrogen) atoms. The molecule has 1 aromatic heterocycles. The summed E-state index contributed by atoms with van der Waals surface area (Å²) in [7, 11) is 0. The summed E-state index contributed by atoms with van der Waals surface area (Å²) >= 11 is 3.44. The molecule has 0 saturated heterocycles. The Morgan fingerprint density at radius 1 is 1.42 bits per heavy atom. The van der Waals surface area contributed by atoms with Gasteiger partial charge in [-0.25, -0.2) is 5.43 Å². The number of nitrogens with one attached hydrogen (secondary N) is 1. The number of nitrogens with zero attached hydrogens (tertiary/aromatic N) is 2. The molecule has 1 aromatic carbocycles. The number of aryl methyl sites for hydroxylation is 1. The van der Waals surface area contributed by atoms with E-state index in [0.29, 0.717) is 0 Å². The molecule has 126 valence electrons. The topological polar surface area (TPSA) is 84.6 Å². The van der Waals surface area contributed by atoms with Crippen LogP contribution in [0.15, 0.2) is 39.6 Å². The average molecular weight is 363 g/mol. The van der Waals surface area contributed by atoms with Crippen molar-refractivity contribution in [3.63, 3.8) is 0 Å². The van der Waals surface area contributed by atoms with Crippen molar-refractivity contribution in [2.45, 2.75) is 24.5 Å². The number of para-hydroxylation sites is 1. The Labute approximate surface area is 148 Å². The second-order valence-corrected chi connectivity index (χ2v) is 7.38. The van der Waals surface area contributed by atoms with E-state index in [-0.39, 0.29) is 11.3 Å². The third-order valence-corrected chi connectivity index (χ3v) is 5.59. The number of nitro benzene ring substituents is 1. The van der Waals surface area contributed by atoms with Crippen molar-refractivity contribution >= 4 is 40.9 Å². The van der Waals surface area contributed by atoms with Gasteiger partial charge in [-0.2, -0.15) is 5.10 Å². The SMILES string of the molecule is CCSc1sc(CC)cc1/C=N\NC(=O)c1ccccc1[N+](=O)[O-]. The first-order chi connectivity index (χ1) is 11.6. The Hall–Kier alpha value is -2.19. The first-order valence-electron chi connectivity index (χ1n) is 7.39. The highest BCUT2D eigenvalue weighted by Gasteiger charge is 2.18. The van der Waals surface area contributed by atoms with Gasteiger partial charge in [0.05, 0.1) is 15.3 Å². The van der Waals surface area contributed by atoms with E-state index in [2.05, 4.69) is 24.4 Å². The minimum absolute atomic E-state index is 0.0117. The fourth-order valence-corrected chi connectivity index (χ4v) is 4.24. The first-order valence-corrected chi connectivity index (χ1v) is 9.19. The molecule has 0 fully saturated rings. The van der Waals surface area contributed by atoms with Gasteiger partial charge in [-0.1, -0.05) is 26.0 Å². The summed E-state index contributed by atoms with van der Waals surface area (Å²) in [5.74, 6) is 0.349. The van der Waals surface area contributed by atoms with E-state index < -0.39 is 10.8 Å². The minimum atomic E-state index is -0.603. The highest BCUT2D eigenvalue weighted by Crippen LogP contribution is 2.31. The molecule has 2 aromatic rings. The van der Waals surface area contributed by atoms with Crippen molar-refractivity contribution < 1.29 is 9.72 Å². The van der Waals surface area contributed by atoms with Gasteiger partial charge in [0.15, 0.2) is 0 Å². The molecule has 0 aliphatic carbocycles. The van der Waals surface area contributed by atoms with E-state index >= 15 is 0 Å². The zero-order chi connectivity index (χ0) is 17.5. The maximum absolute atomic E-state index is 12.1. The molecule has 2 rings (SSSR count). The van der Waals surface area contributed by atoms with Crippen LogP contribution in [-0.2, 0) is 6.42 Å². The zero-order valence-corrected chi connectivity index (χ0v) is 14.9. The summed E-state index contributed by atoms with van der Waals surface area (Å²) in [5, 5.41) is 14.9. The number of hydrogen-bond donors (Lipinski definition) is 1. The van der Waals surface area contributed by atoms with Gasteiger partial charge in [-0.3, -0.25) is 14.9 Å². The van der Waals surface area contributed by atoms with Gasteiger partial charge in [0.25, 0.3) is 11.6 Å². The third-order valence-electron chi connectivity index (χ3n) is 3.11. The summed E-state index contributed by atoms with van der Waals surface area (Å²) in [6, 6.07) is 7.84. The smallest absolute Gasteiger partial charge is 0.267 e. The predicted octanol–water partition coefficient (Wildman–Crippen LogP) is 4.09. The van der Waals surface area contributed by atoms with E-state index in [1.807, 2.05) is 6.07 Å². The van der Waals surface area contributed by atoms with E-state index in [1.54, 1.807) is 35.4 Å². The lowest BCUT2D eigenvalue weighted by Gasteiger charge is -2.01. The number of nitro groups is 1. The maximum Gasteiger partial charge on any atom is 0.282 e. The Kier molecular flexibility index (Phi) is 6.51. The van der Waals surface area contributed by atoms with Gasteiger partial charge >= 0.3 is 0 Å². The second kappa shape index (κ2) is 8.60. The number of thioether (sulfide) groups is 1. The van der Waals surface area contributed by atoms with Crippen LogP contribution < -0.4 is 5.43 Å². The molecular weight excluding hydrogens is 346 g/mol. The summed E-state index contributed by atoms with van der Waals surface area (Å²) in [6.45, 7) is 4.16. The molecule has 0 bridgehead atoms. The number of carbonyl (C=O) groups is 1. The largest absolute Gasteiger partial charge is 0.282 e. The summed E-state index contributed by atoms with van der Waals surface area (Å²) in [6.07, 6.45) is 2.53. The lowest BCUT2D eigenvalue weighted by Crippen LogP contribution is -2.18. The van der Waals surface area contributed by atoms with E-state index in [1.165, 1.54) is 23.1 Å². The number of amides is 1. The number of carbonyl (C=O) groups excluding carboxylic acids is 1. The molecule has 1 amide bonds. The fraction of sp³-hybridized carbons (Fsp3) is 0.250. The van der Waals surface area contributed by atoms with Crippen LogP contribution in [0.2, 0.25) is 0 Å². The van der Waals surface area contributed by atoms with Crippen LogP contribution in [0.3, 0.4) is 0 Å². The van der Waals surface area contributed by atoms with Crippen molar-refractivity contribution in [3.05, 3.63) is 56.5 Å². The van der Waals surface area contributed by atoms with Crippen LogP contribution in [0.4, 0.5) is 5.69 Å². The quantitative estimate of drug-likeness (QED) is 0.347. The Bertz CT molecular complexity index is 772. The lowest BCUT2D eigenvalue weighted by molar-refractivity contribution is -0.385. The van der Waals surface area contributed by atoms with Gasteiger partial charge in [0.2, 0.25) is 0 Å². The molecule has 8 heteroatoms. The zero-order valence-electron chi connectivity index (χ0n) is 13.3.